The molecule has 0 N–H and O–H groups in total. The van der Waals surface area contributed by atoms with Crippen molar-refractivity contribution in [1.82, 2.24) is 4.31 Å². The van der Waals surface area contributed by atoms with Crippen LogP contribution >= 0.6 is 11.6 Å². The third-order valence-corrected chi connectivity index (χ3v) is 6.33. The Morgan fingerprint density at radius 2 is 1.75 bits per heavy atom. The highest BCUT2D eigenvalue weighted by atomic mass is 35.5. The van der Waals surface area contributed by atoms with Crippen LogP contribution in [0.2, 0.25) is 5.02 Å². The van der Waals surface area contributed by atoms with Gasteiger partial charge in [-0.05, 0) is 43.2 Å². The second-order valence-corrected chi connectivity index (χ2v) is 8.25. The second kappa shape index (κ2) is 6.84. The van der Waals surface area contributed by atoms with Crippen molar-refractivity contribution in [2.75, 3.05) is 6.54 Å². The van der Waals surface area contributed by atoms with Gasteiger partial charge in [0.1, 0.15) is 6.23 Å². The molecule has 2 aromatic carbocycles. The minimum absolute atomic E-state index is 0.285. The zero-order valence-corrected chi connectivity index (χ0v) is 15.2. The van der Waals surface area contributed by atoms with E-state index >= 15 is 0 Å². The first-order valence-corrected chi connectivity index (χ1v) is 9.73. The minimum Gasteiger partial charge on any atom is -0.353 e. The van der Waals surface area contributed by atoms with E-state index in [1.807, 2.05) is 26.0 Å². The van der Waals surface area contributed by atoms with Crippen molar-refractivity contribution in [1.29, 1.82) is 0 Å². The first-order chi connectivity index (χ1) is 11.4. The van der Waals surface area contributed by atoms with Crippen LogP contribution < -0.4 is 0 Å². The van der Waals surface area contributed by atoms with Gasteiger partial charge in [-0.15, -0.1) is 0 Å². The molecule has 1 fully saturated rings. The van der Waals surface area contributed by atoms with Crippen molar-refractivity contribution >= 4 is 21.6 Å². The molecule has 0 aromatic heterocycles. The van der Waals surface area contributed by atoms with Gasteiger partial charge in [-0.2, -0.15) is 4.31 Å². The second-order valence-electron chi connectivity index (χ2n) is 5.93. The fourth-order valence-corrected chi connectivity index (χ4v) is 4.56. The smallest absolute Gasteiger partial charge is 0.245 e. The Labute approximate surface area is 148 Å². The molecule has 0 unspecified atom stereocenters. The van der Waals surface area contributed by atoms with Gasteiger partial charge in [0.05, 0.1) is 11.0 Å². The number of rotatable bonds is 4. The molecular formula is C18H20ClNO3S. The summed E-state index contributed by atoms with van der Waals surface area (Å²) in [5.41, 5.74) is 1.96. The van der Waals surface area contributed by atoms with E-state index in [0.29, 0.717) is 22.9 Å². The van der Waals surface area contributed by atoms with Crippen molar-refractivity contribution in [2.24, 2.45) is 0 Å². The Kier molecular flexibility index (Phi) is 4.97. The number of nitrogens with zero attached hydrogens (tertiary/aromatic N) is 1. The van der Waals surface area contributed by atoms with Crippen molar-refractivity contribution in [3.8, 4) is 0 Å². The molecule has 0 saturated carbocycles. The number of hydrogen-bond donors (Lipinski definition) is 0. The van der Waals surface area contributed by atoms with Crippen molar-refractivity contribution < 1.29 is 13.2 Å². The van der Waals surface area contributed by atoms with Crippen LogP contribution in [-0.2, 0) is 14.8 Å². The Bertz CT molecular complexity index is 803. The molecule has 2 atom stereocenters. The van der Waals surface area contributed by atoms with E-state index in [2.05, 4.69) is 0 Å². The number of aryl methyl sites for hydroxylation is 1. The number of sulfonamides is 1. The van der Waals surface area contributed by atoms with Gasteiger partial charge in [-0.25, -0.2) is 8.42 Å². The molecule has 1 aliphatic rings. The van der Waals surface area contributed by atoms with Gasteiger partial charge in [0.2, 0.25) is 10.0 Å². The van der Waals surface area contributed by atoms with Crippen LogP contribution in [0.15, 0.2) is 53.4 Å². The van der Waals surface area contributed by atoms with Gasteiger partial charge < -0.3 is 4.74 Å². The molecule has 0 spiro atoms. The predicted octanol–water partition coefficient (Wildman–Crippen LogP) is 4.15. The summed E-state index contributed by atoms with van der Waals surface area (Å²) in [7, 11) is -3.58. The summed E-state index contributed by atoms with van der Waals surface area (Å²) in [5, 5.41) is 0.646. The largest absolute Gasteiger partial charge is 0.353 e. The lowest BCUT2D eigenvalue weighted by Gasteiger charge is -2.21. The summed E-state index contributed by atoms with van der Waals surface area (Å²) in [4.78, 5) is 0.298. The van der Waals surface area contributed by atoms with E-state index in [9.17, 15) is 8.42 Å². The molecule has 1 aliphatic heterocycles. The number of ether oxygens (including phenoxy) is 1. The molecule has 3 rings (SSSR count). The Morgan fingerprint density at radius 1 is 1.12 bits per heavy atom. The topological polar surface area (TPSA) is 46.6 Å². The summed E-state index contributed by atoms with van der Waals surface area (Å²) < 4.78 is 33.4. The monoisotopic (exact) mass is 365 g/mol. The summed E-state index contributed by atoms with van der Waals surface area (Å²) in [6, 6.07) is 14.2. The molecule has 2 aromatic rings. The zero-order valence-electron chi connectivity index (χ0n) is 13.6. The number of hydrogen-bond acceptors (Lipinski definition) is 3. The van der Waals surface area contributed by atoms with Gasteiger partial charge in [-0.3, -0.25) is 0 Å². The third-order valence-electron chi connectivity index (χ3n) is 4.21. The van der Waals surface area contributed by atoms with Crippen LogP contribution in [0, 0.1) is 6.92 Å². The Hall–Kier alpha value is -1.40. The first kappa shape index (κ1) is 17.4. The average molecular weight is 366 g/mol. The van der Waals surface area contributed by atoms with E-state index in [4.69, 9.17) is 16.3 Å². The molecule has 0 aliphatic carbocycles. The van der Waals surface area contributed by atoms with Crippen LogP contribution in [0.25, 0.3) is 0 Å². The molecule has 1 saturated heterocycles. The molecule has 0 bridgehead atoms. The number of halogens is 1. The minimum atomic E-state index is -3.58. The van der Waals surface area contributed by atoms with Crippen LogP contribution in [-0.4, -0.2) is 25.5 Å². The highest BCUT2D eigenvalue weighted by Gasteiger charge is 2.40. The van der Waals surface area contributed by atoms with Crippen molar-refractivity contribution in [3.63, 3.8) is 0 Å². The maximum atomic E-state index is 13.0. The van der Waals surface area contributed by atoms with Gasteiger partial charge in [0, 0.05) is 11.6 Å². The van der Waals surface area contributed by atoms with Gasteiger partial charge in [0.25, 0.3) is 0 Å². The van der Waals surface area contributed by atoms with E-state index in [1.54, 1.807) is 36.4 Å². The third kappa shape index (κ3) is 3.35. The molecule has 128 valence electrons. The molecule has 4 nitrogen and oxygen atoms in total. The molecule has 1 heterocycles. The van der Waals surface area contributed by atoms with Crippen LogP contribution in [0.1, 0.15) is 30.6 Å². The van der Waals surface area contributed by atoms with E-state index in [-0.39, 0.29) is 6.10 Å². The molecule has 24 heavy (non-hydrogen) atoms. The summed E-state index contributed by atoms with van der Waals surface area (Å²) >= 11 is 5.92. The normalized spacial score (nSPS) is 22.0. The molecular weight excluding hydrogens is 346 g/mol. The van der Waals surface area contributed by atoms with Gasteiger partial charge in [0.15, 0.2) is 0 Å². The Balaban J connectivity index is 1.89. The SMILES string of the molecule is CC[C@H]1O[C@@H](c2ccc(Cl)cc2)CN1S(=O)(=O)c1ccc(C)cc1. The van der Waals surface area contributed by atoms with E-state index in [0.717, 1.165) is 11.1 Å². The van der Waals surface area contributed by atoms with Crippen LogP contribution in [0.5, 0.6) is 0 Å². The fourth-order valence-electron chi connectivity index (χ4n) is 2.84. The highest BCUT2D eigenvalue weighted by molar-refractivity contribution is 7.89. The predicted molar refractivity (Wildman–Crippen MR) is 94.4 cm³/mol. The standard InChI is InChI=1S/C18H20ClNO3S/c1-3-18-20(24(21,22)16-10-4-13(2)5-11-16)12-17(23-18)14-6-8-15(19)9-7-14/h4-11,17-18H,3,12H2,1-2H3/t17-,18-/m1/s1. The summed E-state index contributed by atoms with van der Waals surface area (Å²) in [6.07, 6.45) is -0.153. The summed E-state index contributed by atoms with van der Waals surface area (Å²) in [5.74, 6) is 0. The maximum absolute atomic E-state index is 13.0. The summed E-state index contributed by atoms with van der Waals surface area (Å²) in [6.45, 7) is 4.16. The van der Waals surface area contributed by atoms with Crippen molar-refractivity contribution in [3.05, 3.63) is 64.7 Å². The first-order valence-electron chi connectivity index (χ1n) is 7.91. The molecule has 0 amide bonds. The lowest BCUT2D eigenvalue weighted by molar-refractivity contribution is 0.0193. The lowest BCUT2D eigenvalue weighted by atomic mass is 10.1. The van der Waals surface area contributed by atoms with Crippen LogP contribution in [0.4, 0.5) is 0 Å². The molecule has 0 radical (unpaired) electrons. The maximum Gasteiger partial charge on any atom is 0.245 e. The van der Waals surface area contributed by atoms with Gasteiger partial charge in [-0.1, -0.05) is 48.4 Å². The van der Waals surface area contributed by atoms with E-state index < -0.39 is 16.3 Å². The fraction of sp³-hybridized carbons (Fsp3) is 0.333. The zero-order chi connectivity index (χ0) is 17.3. The van der Waals surface area contributed by atoms with Gasteiger partial charge >= 0.3 is 0 Å². The lowest BCUT2D eigenvalue weighted by Crippen LogP contribution is -2.35. The quantitative estimate of drug-likeness (QED) is 0.817. The van der Waals surface area contributed by atoms with Crippen molar-refractivity contribution in [2.45, 2.75) is 37.5 Å². The number of benzene rings is 2. The average Bonchev–Trinajstić information content (AvgIpc) is 3.01. The Morgan fingerprint density at radius 3 is 2.33 bits per heavy atom. The van der Waals surface area contributed by atoms with E-state index in [1.165, 1.54) is 4.31 Å². The highest BCUT2D eigenvalue weighted by Crippen LogP contribution is 2.34. The van der Waals surface area contributed by atoms with Crippen LogP contribution in [0.3, 0.4) is 0 Å². The molecule has 6 heteroatoms.